The van der Waals surface area contributed by atoms with Crippen LogP contribution in [0.25, 0.3) is 0 Å². The van der Waals surface area contributed by atoms with Crippen LogP contribution >= 0.6 is 0 Å². The van der Waals surface area contributed by atoms with Crippen molar-refractivity contribution < 1.29 is 0 Å². The molecule has 1 atom stereocenters. The van der Waals surface area contributed by atoms with Gasteiger partial charge in [-0.25, -0.2) is 0 Å². The molecule has 62 valence electrons. The van der Waals surface area contributed by atoms with Gasteiger partial charge in [-0.15, -0.1) is 13.2 Å². The van der Waals surface area contributed by atoms with Crippen LogP contribution in [0.5, 0.6) is 0 Å². The highest BCUT2D eigenvalue weighted by molar-refractivity contribution is 4.95. The molecule has 0 radical (unpaired) electrons. The van der Waals surface area contributed by atoms with E-state index in [0.717, 1.165) is 6.42 Å². The third-order valence-corrected chi connectivity index (χ3v) is 1.69. The second-order valence-corrected chi connectivity index (χ2v) is 2.64. The van der Waals surface area contributed by atoms with Gasteiger partial charge in [-0.2, -0.15) is 0 Å². The monoisotopic (exact) mass is 150 g/mol. The molecule has 0 saturated carbocycles. The van der Waals surface area contributed by atoms with Crippen molar-refractivity contribution in [1.29, 1.82) is 0 Å². The van der Waals surface area contributed by atoms with Crippen LogP contribution in [-0.2, 0) is 0 Å². The van der Waals surface area contributed by atoms with Crippen LogP contribution < -0.4 is 0 Å². The van der Waals surface area contributed by atoms with Gasteiger partial charge in [0.25, 0.3) is 0 Å². The fourth-order valence-electron chi connectivity index (χ4n) is 1.04. The molecule has 11 heavy (non-hydrogen) atoms. The van der Waals surface area contributed by atoms with E-state index < -0.39 is 0 Å². The molecule has 0 rings (SSSR count). The third-order valence-electron chi connectivity index (χ3n) is 1.69. The quantitative estimate of drug-likeness (QED) is 0.400. The van der Waals surface area contributed by atoms with Gasteiger partial charge in [-0.1, -0.05) is 24.3 Å². The SMILES string of the molecule is C=CCCCC(C=C)C=CC. The Hall–Kier alpha value is -0.780. The van der Waals surface area contributed by atoms with E-state index in [1.165, 1.54) is 12.8 Å². The van der Waals surface area contributed by atoms with Gasteiger partial charge in [0.15, 0.2) is 0 Å². The largest absolute Gasteiger partial charge is 0.103 e. The summed E-state index contributed by atoms with van der Waals surface area (Å²) < 4.78 is 0. The van der Waals surface area contributed by atoms with Crippen molar-refractivity contribution in [2.45, 2.75) is 26.2 Å². The van der Waals surface area contributed by atoms with Crippen LogP contribution in [0.3, 0.4) is 0 Å². The van der Waals surface area contributed by atoms with Crippen molar-refractivity contribution in [3.63, 3.8) is 0 Å². The number of rotatable bonds is 6. The maximum Gasteiger partial charge on any atom is -0.00562 e. The van der Waals surface area contributed by atoms with E-state index in [4.69, 9.17) is 0 Å². The molecule has 0 aromatic rings. The molecule has 0 bridgehead atoms. The average molecular weight is 150 g/mol. The summed E-state index contributed by atoms with van der Waals surface area (Å²) in [6, 6.07) is 0. The Kier molecular flexibility index (Phi) is 6.81. The molecule has 0 aliphatic rings. The second-order valence-electron chi connectivity index (χ2n) is 2.64. The molecule has 0 N–H and O–H groups in total. The zero-order valence-corrected chi connectivity index (χ0v) is 7.42. The lowest BCUT2D eigenvalue weighted by Gasteiger charge is -2.04. The number of unbranched alkanes of at least 4 members (excludes halogenated alkanes) is 1. The molecule has 0 heterocycles. The maximum absolute atomic E-state index is 3.78. The molecule has 0 aliphatic carbocycles. The molecule has 0 aliphatic heterocycles. The van der Waals surface area contributed by atoms with E-state index >= 15 is 0 Å². The number of allylic oxidation sites excluding steroid dienone is 4. The minimum absolute atomic E-state index is 0.556. The highest BCUT2D eigenvalue weighted by atomic mass is 14.0. The lowest BCUT2D eigenvalue weighted by Crippen LogP contribution is -1.89. The topological polar surface area (TPSA) is 0 Å². The summed E-state index contributed by atoms with van der Waals surface area (Å²) in [7, 11) is 0. The second kappa shape index (κ2) is 7.33. The predicted octanol–water partition coefficient (Wildman–Crippen LogP) is 3.72. The smallest absolute Gasteiger partial charge is 0.00562 e. The van der Waals surface area contributed by atoms with Crippen LogP contribution in [0, 0.1) is 5.92 Å². The lowest BCUT2D eigenvalue weighted by molar-refractivity contribution is 0.662. The minimum Gasteiger partial charge on any atom is -0.103 e. The van der Waals surface area contributed by atoms with Crippen molar-refractivity contribution in [2.75, 3.05) is 0 Å². The van der Waals surface area contributed by atoms with Crippen molar-refractivity contribution in [1.82, 2.24) is 0 Å². The Morgan fingerprint density at radius 1 is 1.36 bits per heavy atom. The van der Waals surface area contributed by atoms with Gasteiger partial charge >= 0.3 is 0 Å². The molecular weight excluding hydrogens is 132 g/mol. The molecule has 1 unspecified atom stereocenters. The Morgan fingerprint density at radius 2 is 2.09 bits per heavy atom. The van der Waals surface area contributed by atoms with Crippen LogP contribution in [0.1, 0.15) is 26.2 Å². The van der Waals surface area contributed by atoms with Crippen molar-refractivity contribution in [2.24, 2.45) is 5.92 Å². The summed E-state index contributed by atoms with van der Waals surface area (Å²) in [4.78, 5) is 0. The van der Waals surface area contributed by atoms with Gasteiger partial charge in [0.2, 0.25) is 0 Å². The van der Waals surface area contributed by atoms with Gasteiger partial charge in [0.1, 0.15) is 0 Å². The number of hydrogen-bond acceptors (Lipinski definition) is 0. The van der Waals surface area contributed by atoms with Crippen LogP contribution in [0.4, 0.5) is 0 Å². The highest BCUT2D eigenvalue weighted by Gasteiger charge is 1.96. The van der Waals surface area contributed by atoms with Gasteiger partial charge in [0.05, 0.1) is 0 Å². The Bertz CT molecular complexity index is 131. The summed E-state index contributed by atoms with van der Waals surface area (Å²) in [6.07, 6.45) is 11.8. The summed E-state index contributed by atoms with van der Waals surface area (Å²) in [6.45, 7) is 9.51. The molecule has 0 nitrogen and oxygen atoms in total. The molecule has 0 aromatic heterocycles. The zero-order chi connectivity index (χ0) is 8.53. The molecule has 0 saturated heterocycles. The average Bonchev–Trinajstić information content (AvgIpc) is 2.03. The first kappa shape index (κ1) is 10.2. The molecule has 0 spiro atoms. The first-order valence-electron chi connectivity index (χ1n) is 4.21. The van der Waals surface area contributed by atoms with Gasteiger partial charge in [-0.3, -0.25) is 0 Å². The van der Waals surface area contributed by atoms with Crippen LogP contribution in [0.15, 0.2) is 37.5 Å². The molecule has 0 fully saturated rings. The van der Waals surface area contributed by atoms with Gasteiger partial charge in [0, 0.05) is 0 Å². The summed E-state index contributed by atoms with van der Waals surface area (Å²) in [5.74, 6) is 0.556. The van der Waals surface area contributed by atoms with Crippen LogP contribution in [0.2, 0.25) is 0 Å². The summed E-state index contributed by atoms with van der Waals surface area (Å²) in [5, 5.41) is 0. The molecular formula is C11H18. The van der Waals surface area contributed by atoms with E-state index in [0.29, 0.717) is 5.92 Å². The number of hydrogen-bond donors (Lipinski definition) is 0. The normalized spacial score (nSPS) is 13.2. The summed E-state index contributed by atoms with van der Waals surface area (Å²) >= 11 is 0. The standard InChI is InChI=1S/C11H18/c1-4-7-8-10-11(6-3)9-5-2/h4-6,9,11H,1,3,7-8,10H2,2H3. The summed E-state index contributed by atoms with van der Waals surface area (Å²) in [5.41, 5.74) is 0. The van der Waals surface area contributed by atoms with Crippen molar-refractivity contribution in [3.8, 4) is 0 Å². The van der Waals surface area contributed by atoms with E-state index in [1.54, 1.807) is 0 Å². The maximum atomic E-state index is 3.78. The van der Waals surface area contributed by atoms with Crippen molar-refractivity contribution in [3.05, 3.63) is 37.5 Å². The Balaban J connectivity index is 3.51. The fourth-order valence-corrected chi connectivity index (χ4v) is 1.04. The van der Waals surface area contributed by atoms with E-state index in [-0.39, 0.29) is 0 Å². The fraction of sp³-hybridized carbons (Fsp3) is 0.455. The zero-order valence-electron chi connectivity index (χ0n) is 7.42. The highest BCUT2D eigenvalue weighted by Crippen LogP contribution is 2.10. The predicted molar refractivity (Wildman–Crippen MR) is 52.5 cm³/mol. The Morgan fingerprint density at radius 3 is 2.55 bits per heavy atom. The Labute approximate surface area is 70.3 Å². The van der Waals surface area contributed by atoms with E-state index in [1.807, 2.05) is 19.1 Å². The molecule has 0 amide bonds. The first-order chi connectivity index (χ1) is 5.35. The molecule has 0 heteroatoms. The van der Waals surface area contributed by atoms with Crippen LogP contribution in [-0.4, -0.2) is 0 Å². The van der Waals surface area contributed by atoms with Crippen molar-refractivity contribution >= 4 is 0 Å². The first-order valence-corrected chi connectivity index (χ1v) is 4.21. The minimum atomic E-state index is 0.556. The molecule has 0 aromatic carbocycles. The van der Waals surface area contributed by atoms with Gasteiger partial charge in [-0.05, 0) is 32.1 Å². The van der Waals surface area contributed by atoms with E-state index in [2.05, 4.69) is 25.3 Å². The van der Waals surface area contributed by atoms with E-state index in [9.17, 15) is 0 Å². The van der Waals surface area contributed by atoms with Gasteiger partial charge < -0.3 is 0 Å². The lowest BCUT2D eigenvalue weighted by atomic mass is 10.0. The third kappa shape index (κ3) is 5.65.